The van der Waals surface area contributed by atoms with Gasteiger partial charge < -0.3 is 15.2 Å². The molecule has 0 spiro atoms. The third kappa shape index (κ3) is 4.68. The Labute approximate surface area is 169 Å². The number of thiazole rings is 1. The molecule has 0 aliphatic carbocycles. The van der Waals surface area contributed by atoms with Crippen LogP contribution in [0, 0.1) is 0 Å². The van der Waals surface area contributed by atoms with Gasteiger partial charge in [-0.25, -0.2) is 14.6 Å². The van der Waals surface area contributed by atoms with Crippen LogP contribution in [0.15, 0.2) is 52.8 Å². The van der Waals surface area contributed by atoms with E-state index in [0.29, 0.717) is 18.5 Å². The number of aromatic nitrogens is 1. The van der Waals surface area contributed by atoms with Crippen LogP contribution in [0.25, 0.3) is 0 Å². The van der Waals surface area contributed by atoms with Crippen molar-refractivity contribution in [2.24, 2.45) is 0 Å². The molecule has 140 valence electrons. The number of allylic oxidation sites excluding steroid dienone is 1. The van der Waals surface area contributed by atoms with E-state index >= 15 is 0 Å². The number of carbonyl (C=O) groups is 2. The first-order valence-corrected chi connectivity index (χ1v) is 9.54. The zero-order valence-corrected chi connectivity index (χ0v) is 16.2. The van der Waals surface area contributed by atoms with Crippen molar-refractivity contribution in [3.05, 3.63) is 67.9 Å². The summed E-state index contributed by atoms with van der Waals surface area (Å²) in [5.41, 5.74) is 0.831. The van der Waals surface area contributed by atoms with E-state index < -0.39 is 11.9 Å². The van der Waals surface area contributed by atoms with Crippen LogP contribution in [-0.2, 0) is 16.0 Å². The zero-order chi connectivity index (χ0) is 19.4. The van der Waals surface area contributed by atoms with Crippen molar-refractivity contribution in [2.75, 3.05) is 0 Å². The van der Waals surface area contributed by atoms with E-state index in [4.69, 9.17) is 27.9 Å². The van der Waals surface area contributed by atoms with Gasteiger partial charge in [0.2, 0.25) is 0 Å². The van der Waals surface area contributed by atoms with Crippen LogP contribution < -0.4 is 10.1 Å². The molecule has 0 saturated carbocycles. The minimum Gasteiger partial charge on any atom is -0.478 e. The van der Waals surface area contributed by atoms with Crippen molar-refractivity contribution in [1.82, 2.24) is 10.3 Å². The first-order valence-electron chi connectivity index (χ1n) is 7.91. The number of hydrogen-bond acceptors (Lipinski definition) is 6. The highest BCUT2D eigenvalue weighted by atomic mass is 35.5. The predicted octanol–water partition coefficient (Wildman–Crippen LogP) is 4.20. The fraction of sp³-hybridized carbons (Fsp3) is 0.167. The molecular formula is C18H14Cl2N2O4S. The number of benzene rings is 1. The summed E-state index contributed by atoms with van der Waals surface area (Å²) in [5, 5.41) is 15.6. The molecule has 1 aliphatic heterocycles. The molecule has 6 nitrogen and oxygen atoms in total. The van der Waals surface area contributed by atoms with Gasteiger partial charge in [0, 0.05) is 36.3 Å². The van der Waals surface area contributed by atoms with Crippen LogP contribution in [0.2, 0.25) is 10.0 Å². The van der Waals surface area contributed by atoms with Gasteiger partial charge in [-0.15, -0.1) is 11.3 Å². The standard InChI is InChI=1S/C18H14Cl2N2O4S/c19-12-2-1-3-13(20)16(12)26-18(25)10-8-11(17(23)24)14(22-9-10)4-5-15-21-6-7-27-15/h1-3,6-7,9,22H,4-5,8H2,(H,23,24). The van der Waals surface area contributed by atoms with Crippen molar-refractivity contribution in [3.63, 3.8) is 0 Å². The van der Waals surface area contributed by atoms with E-state index in [1.165, 1.54) is 17.5 Å². The van der Waals surface area contributed by atoms with E-state index in [2.05, 4.69) is 10.3 Å². The lowest BCUT2D eigenvalue weighted by Gasteiger charge is -2.19. The summed E-state index contributed by atoms with van der Waals surface area (Å²) in [4.78, 5) is 28.2. The minimum atomic E-state index is -1.09. The Morgan fingerprint density at radius 3 is 2.63 bits per heavy atom. The van der Waals surface area contributed by atoms with E-state index in [1.54, 1.807) is 24.4 Å². The van der Waals surface area contributed by atoms with Crippen molar-refractivity contribution < 1.29 is 19.4 Å². The van der Waals surface area contributed by atoms with Crippen LogP contribution in [0.5, 0.6) is 5.75 Å². The monoisotopic (exact) mass is 424 g/mol. The Kier molecular flexibility index (Phi) is 6.15. The summed E-state index contributed by atoms with van der Waals surface area (Å²) in [6.07, 6.45) is 4.19. The normalized spacial score (nSPS) is 13.8. The van der Waals surface area contributed by atoms with Crippen LogP contribution >= 0.6 is 34.5 Å². The number of aryl methyl sites for hydroxylation is 1. The number of carboxylic acid groups (broad SMARTS) is 1. The van der Waals surface area contributed by atoms with Gasteiger partial charge in [-0.05, 0) is 18.6 Å². The molecule has 0 saturated heterocycles. The maximum Gasteiger partial charge on any atom is 0.341 e. The number of hydrogen-bond donors (Lipinski definition) is 2. The summed E-state index contributed by atoms with van der Waals surface area (Å²) >= 11 is 13.5. The third-order valence-corrected chi connectivity index (χ3v) is 5.29. The summed E-state index contributed by atoms with van der Waals surface area (Å²) < 4.78 is 5.26. The molecule has 0 fully saturated rings. The quantitative estimate of drug-likeness (QED) is 0.533. The minimum absolute atomic E-state index is 0.0437. The molecule has 0 atom stereocenters. The SMILES string of the molecule is O=C(O)C1=C(CCc2nccs2)NC=C(C(=O)Oc2c(Cl)cccc2Cl)C1. The first-order chi connectivity index (χ1) is 13.0. The largest absolute Gasteiger partial charge is 0.478 e. The van der Waals surface area contributed by atoms with Crippen LogP contribution in [-0.4, -0.2) is 22.0 Å². The average molecular weight is 425 g/mol. The summed E-state index contributed by atoms with van der Waals surface area (Å²) in [6.45, 7) is 0. The van der Waals surface area contributed by atoms with Crippen molar-refractivity contribution >= 4 is 46.5 Å². The number of esters is 1. The number of nitrogens with zero attached hydrogens (tertiary/aromatic N) is 1. The topological polar surface area (TPSA) is 88.5 Å². The highest BCUT2D eigenvalue weighted by Gasteiger charge is 2.25. The first kappa shape index (κ1) is 19.4. The second-order valence-electron chi connectivity index (χ2n) is 5.62. The number of para-hydroxylation sites is 1. The molecule has 0 radical (unpaired) electrons. The van der Waals surface area contributed by atoms with Gasteiger partial charge in [-0.2, -0.15) is 0 Å². The second-order valence-corrected chi connectivity index (χ2v) is 7.41. The van der Waals surface area contributed by atoms with E-state index in [1.807, 2.05) is 5.38 Å². The molecule has 0 bridgehead atoms. The zero-order valence-electron chi connectivity index (χ0n) is 13.9. The molecule has 9 heteroatoms. The molecule has 2 aromatic rings. The number of ether oxygens (including phenoxy) is 1. The van der Waals surface area contributed by atoms with Gasteiger partial charge in [0.15, 0.2) is 5.75 Å². The predicted molar refractivity (Wildman–Crippen MR) is 103 cm³/mol. The Hall–Kier alpha value is -2.35. The lowest BCUT2D eigenvalue weighted by Crippen LogP contribution is -2.24. The fourth-order valence-corrected chi connectivity index (χ4v) is 3.61. The molecule has 2 N–H and O–H groups in total. The summed E-state index contributed by atoms with van der Waals surface area (Å²) in [7, 11) is 0. The van der Waals surface area contributed by atoms with E-state index in [9.17, 15) is 14.7 Å². The number of carboxylic acids is 1. The highest BCUT2D eigenvalue weighted by Crippen LogP contribution is 2.33. The average Bonchev–Trinajstić information content (AvgIpc) is 3.16. The fourth-order valence-electron chi connectivity index (χ4n) is 2.52. The van der Waals surface area contributed by atoms with E-state index in [0.717, 1.165) is 5.01 Å². The molecule has 3 rings (SSSR count). The highest BCUT2D eigenvalue weighted by molar-refractivity contribution is 7.09. The number of rotatable bonds is 6. The number of nitrogens with one attached hydrogen (secondary N) is 1. The van der Waals surface area contributed by atoms with Crippen molar-refractivity contribution in [1.29, 1.82) is 0 Å². The van der Waals surface area contributed by atoms with Crippen LogP contribution in [0.4, 0.5) is 0 Å². The molecule has 2 heterocycles. The summed E-state index contributed by atoms with van der Waals surface area (Å²) in [5.74, 6) is -1.76. The van der Waals surface area contributed by atoms with Crippen molar-refractivity contribution in [2.45, 2.75) is 19.3 Å². The number of halogens is 2. The van der Waals surface area contributed by atoms with Gasteiger partial charge in [0.05, 0.1) is 26.2 Å². The van der Waals surface area contributed by atoms with E-state index in [-0.39, 0.29) is 33.4 Å². The molecular weight excluding hydrogens is 411 g/mol. The maximum atomic E-state index is 12.4. The van der Waals surface area contributed by atoms with Gasteiger partial charge in [-0.1, -0.05) is 29.3 Å². The van der Waals surface area contributed by atoms with Crippen molar-refractivity contribution in [3.8, 4) is 5.75 Å². The van der Waals surface area contributed by atoms with Crippen LogP contribution in [0.1, 0.15) is 17.8 Å². The smallest absolute Gasteiger partial charge is 0.341 e. The third-order valence-electron chi connectivity index (χ3n) is 3.86. The molecule has 0 unspecified atom stereocenters. The lowest BCUT2D eigenvalue weighted by atomic mass is 9.99. The Bertz CT molecular complexity index is 919. The van der Waals surface area contributed by atoms with Crippen LogP contribution in [0.3, 0.4) is 0 Å². The summed E-state index contributed by atoms with van der Waals surface area (Å²) in [6, 6.07) is 4.72. The number of dihydropyridines is 1. The Morgan fingerprint density at radius 2 is 2.00 bits per heavy atom. The molecule has 1 aromatic carbocycles. The molecule has 1 aliphatic rings. The lowest BCUT2D eigenvalue weighted by molar-refractivity contribution is -0.132. The Morgan fingerprint density at radius 1 is 1.26 bits per heavy atom. The van der Waals surface area contributed by atoms with Gasteiger partial charge in [-0.3, -0.25) is 0 Å². The number of aliphatic carboxylic acids is 1. The second kappa shape index (κ2) is 8.56. The maximum absolute atomic E-state index is 12.4. The van der Waals surface area contributed by atoms with Gasteiger partial charge >= 0.3 is 11.9 Å². The van der Waals surface area contributed by atoms with Gasteiger partial charge in [0.25, 0.3) is 0 Å². The van der Waals surface area contributed by atoms with Gasteiger partial charge in [0.1, 0.15) is 0 Å². The Balaban J connectivity index is 1.72. The molecule has 0 amide bonds. The molecule has 27 heavy (non-hydrogen) atoms. The molecule has 1 aromatic heterocycles. The number of carbonyl (C=O) groups excluding carboxylic acids is 1.